The third-order valence-electron chi connectivity index (χ3n) is 2.63. The highest BCUT2D eigenvalue weighted by atomic mass is 15.5. The van der Waals surface area contributed by atoms with Crippen molar-refractivity contribution in [2.75, 3.05) is 5.01 Å². The topological polar surface area (TPSA) is 52.3 Å². The second-order valence-electron chi connectivity index (χ2n) is 4.74. The average Bonchev–Trinajstić information content (AvgIpc) is 2.39. The molecule has 0 unspecified atom stereocenters. The first-order chi connectivity index (χ1) is 8.69. The lowest BCUT2D eigenvalue weighted by Crippen LogP contribution is -2.14. The Kier molecular flexibility index (Phi) is 3.73. The number of anilines is 1. The normalized spacial score (nSPS) is 14.6. The molecule has 0 saturated heterocycles. The third-order valence-corrected chi connectivity index (χ3v) is 2.63. The van der Waals surface area contributed by atoms with Crippen LogP contribution in [0, 0.1) is 17.2 Å². The van der Waals surface area contributed by atoms with Crippen LogP contribution in [0.1, 0.15) is 25.8 Å². The Labute approximate surface area is 107 Å². The highest BCUT2D eigenvalue weighted by molar-refractivity contribution is 5.68. The molecule has 0 amide bonds. The number of allylic oxidation sites excluding steroid dienone is 1. The summed E-state index contributed by atoms with van der Waals surface area (Å²) < 4.78 is 0. The monoisotopic (exact) mass is 240 g/mol. The van der Waals surface area contributed by atoms with Crippen molar-refractivity contribution in [3.8, 4) is 6.07 Å². The molecular formula is C14H16N4. The molecule has 0 aromatic carbocycles. The molecule has 0 fully saturated rings. The minimum atomic E-state index is 0.596. The first-order valence-corrected chi connectivity index (χ1v) is 6.06. The van der Waals surface area contributed by atoms with Gasteiger partial charge in [0, 0.05) is 25.0 Å². The van der Waals surface area contributed by atoms with E-state index in [1.807, 2.05) is 12.3 Å². The summed E-state index contributed by atoms with van der Waals surface area (Å²) in [6.45, 7) is 4.37. The second kappa shape index (κ2) is 5.46. The molecule has 92 valence electrons. The maximum Gasteiger partial charge on any atom is 0.153 e. The maximum absolute atomic E-state index is 8.87. The summed E-state index contributed by atoms with van der Waals surface area (Å²) in [7, 11) is 0. The number of nitrogens with zero attached hydrogens (tertiary/aromatic N) is 4. The van der Waals surface area contributed by atoms with Crippen molar-refractivity contribution in [3.63, 3.8) is 0 Å². The minimum absolute atomic E-state index is 0.596. The fourth-order valence-electron chi connectivity index (χ4n) is 1.80. The number of aromatic nitrogens is 1. The van der Waals surface area contributed by atoms with Crippen molar-refractivity contribution < 1.29 is 0 Å². The smallest absolute Gasteiger partial charge is 0.153 e. The Balaban J connectivity index is 2.15. The lowest BCUT2D eigenvalue weighted by atomic mass is 10.1. The number of nitriles is 1. The van der Waals surface area contributed by atoms with Gasteiger partial charge in [0.05, 0.1) is 11.6 Å². The summed E-state index contributed by atoms with van der Waals surface area (Å²) >= 11 is 0. The van der Waals surface area contributed by atoms with Crippen molar-refractivity contribution in [2.24, 2.45) is 11.0 Å². The summed E-state index contributed by atoms with van der Waals surface area (Å²) in [5, 5.41) is 14.7. The van der Waals surface area contributed by atoms with E-state index in [1.165, 1.54) is 5.56 Å². The van der Waals surface area contributed by atoms with Crippen LogP contribution < -0.4 is 5.01 Å². The molecule has 0 bridgehead atoms. The summed E-state index contributed by atoms with van der Waals surface area (Å²) in [5.74, 6) is 1.36. The molecule has 0 N–H and O–H groups in total. The Morgan fingerprint density at radius 2 is 2.28 bits per heavy atom. The fraction of sp³-hybridized carbons (Fsp3) is 0.357. The number of hydrazone groups is 1. The lowest BCUT2D eigenvalue weighted by Gasteiger charge is -2.17. The van der Waals surface area contributed by atoms with Crippen molar-refractivity contribution >= 4 is 12.0 Å². The summed E-state index contributed by atoms with van der Waals surface area (Å²) in [5.41, 5.74) is 1.91. The zero-order chi connectivity index (χ0) is 13.0. The van der Waals surface area contributed by atoms with Gasteiger partial charge in [-0.25, -0.2) is 9.99 Å². The van der Waals surface area contributed by atoms with E-state index in [0.717, 1.165) is 12.2 Å². The molecule has 1 aliphatic rings. The van der Waals surface area contributed by atoms with Gasteiger partial charge >= 0.3 is 0 Å². The van der Waals surface area contributed by atoms with Crippen LogP contribution in [0.25, 0.3) is 0 Å². The quantitative estimate of drug-likeness (QED) is 0.816. The Morgan fingerprint density at radius 3 is 2.89 bits per heavy atom. The average molecular weight is 240 g/mol. The molecule has 0 spiro atoms. The van der Waals surface area contributed by atoms with Gasteiger partial charge in [-0.1, -0.05) is 19.9 Å². The minimum Gasteiger partial charge on any atom is -0.237 e. The van der Waals surface area contributed by atoms with Crippen molar-refractivity contribution in [2.45, 2.75) is 26.7 Å². The molecule has 0 saturated carbocycles. The fourth-order valence-corrected chi connectivity index (χ4v) is 1.80. The predicted octanol–water partition coefficient (Wildman–Crippen LogP) is 2.88. The maximum atomic E-state index is 8.87. The molecular weight excluding hydrogens is 224 g/mol. The van der Waals surface area contributed by atoms with Gasteiger partial charge in [-0.15, -0.1) is 0 Å². The molecule has 0 aliphatic carbocycles. The van der Waals surface area contributed by atoms with Crippen LogP contribution in [-0.2, 0) is 6.42 Å². The van der Waals surface area contributed by atoms with Gasteiger partial charge in [0.2, 0.25) is 0 Å². The van der Waals surface area contributed by atoms with Crippen molar-refractivity contribution in [1.82, 2.24) is 4.98 Å². The van der Waals surface area contributed by atoms with Crippen LogP contribution in [0.15, 0.2) is 35.2 Å². The molecule has 4 nitrogen and oxygen atoms in total. The van der Waals surface area contributed by atoms with Crippen molar-refractivity contribution in [1.29, 1.82) is 5.26 Å². The van der Waals surface area contributed by atoms with Gasteiger partial charge in [-0.2, -0.15) is 10.4 Å². The molecule has 2 heterocycles. The van der Waals surface area contributed by atoms with Gasteiger partial charge in [-0.3, -0.25) is 0 Å². The number of pyridine rings is 1. The highest BCUT2D eigenvalue weighted by Crippen LogP contribution is 2.18. The molecule has 18 heavy (non-hydrogen) atoms. The van der Waals surface area contributed by atoms with Crippen molar-refractivity contribution in [3.05, 3.63) is 35.7 Å². The zero-order valence-electron chi connectivity index (χ0n) is 10.7. The van der Waals surface area contributed by atoms with E-state index in [-0.39, 0.29) is 0 Å². The first kappa shape index (κ1) is 12.3. The van der Waals surface area contributed by atoms with Crippen LogP contribution in [0.3, 0.4) is 0 Å². The molecule has 0 radical (unpaired) electrons. The molecule has 1 aromatic heterocycles. The molecule has 2 rings (SSSR count). The summed E-state index contributed by atoms with van der Waals surface area (Å²) in [6, 6.07) is 6.14. The largest absolute Gasteiger partial charge is 0.237 e. The number of hydrogen-bond donors (Lipinski definition) is 0. The van der Waals surface area contributed by atoms with Gasteiger partial charge in [0.1, 0.15) is 0 Å². The van der Waals surface area contributed by atoms with Crippen LogP contribution in [0.4, 0.5) is 5.82 Å². The Morgan fingerprint density at radius 1 is 1.44 bits per heavy atom. The van der Waals surface area contributed by atoms with Crippen LogP contribution in [0.2, 0.25) is 0 Å². The molecule has 1 aromatic rings. The van der Waals surface area contributed by atoms with Gasteiger partial charge < -0.3 is 0 Å². The molecule has 4 heteroatoms. The second-order valence-corrected chi connectivity index (χ2v) is 4.74. The number of hydrogen-bond acceptors (Lipinski definition) is 4. The van der Waals surface area contributed by atoms with Gasteiger partial charge in [0.15, 0.2) is 5.82 Å². The standard InChI is InChI=1S/C14H16N4/c1-11(2)7-12-3-4-14(16-9-12)18-10-13(8-15)5-6-17-18/h3-4,6,9-11H,5,7H2,1-2H3. The zero-order valence-corrected chi connectivity index (χ0v) is 10.7. The van der Waals surface area contributed by atoms with Crippen LogP contribution in [0.5, 0.6) is 0 Å². The van der Waals surface area contributed by atoms with E-state index in [2.05, 4.69) is 36.1 Å². The van der Waals surface area contributed by atoms with E-state index in [9.17, 15) is 0 Å². The van der Waals surface area contributed by atoms with E-state index in [0.29, 0.717) is 17.9 Å². The molecule has 0 atom stereocenters. The number of rotatable bonds is 3. The SMILES string of the molecule is CC(C)Cc1ccc(N2C=C(C#N)CC=N2)nc1. The first-order valence-electron chi connectivity index (χ1n) is 6.06. The predicted molar refractivity (Wildman–Crippen MR) is 72.1 cm³/mol. The van der Waals surface area contributed by atoms with Gasteiger partial charge in [-0.05, 0) is 24.0 Å². The third kappa shape index (κ3) is 2.95. The summed E-state index contributed by atoms with van der Waals surface area (Å²) in [4.78, 5) is 4.38. The van der Waals surface area contributed by atoms with E-state index in [4.69, 9.17) is 5.26 Å². The highest BCUT2D eigenvalue weighted by Gasteiger charge is 2.09. The van der Waals surface area contributed by atoms with Gasteiger partial charge in [0.25, 0.3) is 0 Å². The van der Waals surface area contributed by atoms with Crippen LogP contribution >= 0.6 is 0 Å². The van der Waals surface area contributed by atoms with E-state index < -0.39 is 0 Å². The van der Waals surface area contributed by atoms with E-state index in [1.54, 1.807) is 17.4 Å². The lowest BCUT2D eigenvalue weighted by molar-refractivity contribution is 0.645. The molecule has 1 aliphatic heterocycles. The Hall–Kier alpha value is -2.15. The Bertz CT molecular complexity index is 506. The summed E-state index contributed by atoms with van der Waals surface area (Å²) in [6.07, 6.45) is 6.94. The van der Waals surface area contributed by atoms with Crippen LogP contribution in [-0.4, -0.2) is 11.2 Å². The van der Waals surface area contributed by atoms with E-state index >= 15 is 0 Å².